The van der Waals surface area contributed by atoms with Crippen LogP contribution in [0.4, 0.5) is 0 Å². The molecule has 1 aliphatic heterocycles. The van der Waals surface area contributed by atoms with E-state index in [0.717, 1.165) is 16.7 Å². The summed E-state index contributed by atoms with van der Waals surface area (Å²) in [5.41, 5.74) is 8.78. The zero-order valence-corrected chi connectivity index (χ0v) is 28.2. The van der Waals surface area contributed by atoms with Crippen LogP contribution in [0.15, 0.2) is 128 Å². The molecular formula is C40H37N7O5. The number of nitrogens with zero attached hydrogens (tertiary/aromatic N) is 6. The van der Waals surface area contributed by atoms with Crippen molar-refractivity contribution in [3.8, 4) is 17.7 Å². The number of fused-ring (bicyclic) bond motifs is 1. The van der Waals surface area contributed by atoms with Crippen LogP contribution in [0.5, 0.6) is 11.6 Å². The number of hydrogen-bond donors (Lipinski definition) is 2. The molecule has 262 valence electrons. The van der Waals surface area contributed by atoms with Gasteiger partial charge in [0.05, 0.1) is 37.1 Å². The topological polar surface area (TPSA) is 162 Å². The largest absolute Gasteiger partial charge is 0.475 e. The Hall–Kier alpha value is -6.13. The van der Waals surface area contributed by atoms with E-state index in [1.807, 2.05) is 60.7 Å². The van der Waals surface area contributed by atoms with Gasteiger partial charge in [-0.15, -0.1) is 0 Å². The average molecular weight is 696 g/mol. The Morgan fingerprint density at radius 1 is 0.904 bits per heavy atom. The summed E-state index contributed by atoms with van der Waals surface area (Å²) in [6.07, 6.45) is -1.01. The molecule has 1 saturated heterocycles. The van der Waals surface area contributed by atoms with E-state index in [4.69, 9.17) is 24.9 Å². The van der Waals surface area contributed by atoms with Crippen LogP contribution in [0.25, 0.3) is 11.2 Å². The highest BCUT2D eigenvalue weighted by Gasteiger charge is 2.46. The van der Waals surface area contributed by atoms with Crippen LogP contribution in [0.3, 0.4) is 0 Å². The van der Waals surface area contributed by atoms with Crippen molar-refractivity contribution in [1.29, 1.82) is 5.26 Å². The summed E-state index contributed by atoms with van der Waals surface area (Å²) in [7, 11) is 0. The number of carbonyl (C=O) groups excluding carboxylic acids is 1. The number of nitrogens with two attached hydrogens (primary N) is 1. The molecule has 6 aromatic rings. The van der Waals surface area contributed by atoms with Gasteiger partial charge in [0, 0.05) is 13.1 Å². The maximum absolute atomic E-state index is 12.8. The monoisotopic (exact) mass is 695 g/mol. The van der Waals surface area contributed by atoms with Crippen LogP contribution >= 0.6 is 0 Å². The van der Waals surface area contributed by atoms with Crippen LogP contribution in [-0.2, 0) is 15.1 Å². The van der Waals surface area contributed by atoms with Gasteiger partial charge in [0.25, 0.3) is 5.91 Å². The van der Waals surface area contributed by atoms with Gasteiger partial charge >= 0.3 is 0 Å². The van der Waals surface area contributed by atoms with Crippen molar-refractivity contribution in [1.82, 2.24) is 24.4 Å². The summed E-state index contributed by atoms with van der Waals surface area (Å²) in [6.45, 7) is 0.523. The minimum absolute atomic E-state index is 0.0315. The molecule has 1 unspecified atom stereocenters. The van der Waals surface area contributed by atoms with Gasteiger partial charge in [-0.1, -0.05) is 109 Å². The number of carbonyl (C=O) groups is 1. The number of aliphatic hydroxyl groups excluding tert-OH is 1. The van der Waals surface area contributed by atoms with Crippen molar-refractivity contribution in [2.75, 3.05) is 26.3 Å². The summed E-state index contributed by atoms with van der Waals surface area (Å²) in [6, 6.07) is 41.7. The molecular weight excluding hydrogens is 658 g/mol. The molecule has 7 rings (SSSR count). The molecule has 3 atom stereocenters. The number of nitriles is 1. The molecule has 4 aromatic carbocycles. The first-order valence-corrected chi connectivity index (χ1v) is 17.0. The summed E-state index contributed by atoms with van der Waals surface area (Å²) < 4.78 is 20.2. The second kappa shape index (κ2) is 15.4. The molecule has 2 aromatic heterocycles. The van der Waals surface area contributed by atoms with E-state index in [1.54, 1.807) is 35.2 Å². The number of aromatic nitrogens is 4. The lowest BCUT2D eigenvalue weighted by atomic mass is 9.75. The molecule has 1 fully saturated rings. The SMILES string of the molecule is N#CCCOc1nc(C(Oc2ccccc2)C(N)=O)nc2c1ncn2[C@H]1CN(C(c2ccccc2)(c2ccccc2)c2ccccc2)C[C@@H](CO)O1. The van der Waals surface area contributed by atoms with Gasteiger partial charge < -0.3 is 25.1 Å². The minimum atomic E-state index is -1.37. The first kappa shape index (κ1) is 34.3. The highest BCUT2D eigenvalue weighted by molar-refractivity contribution is 5.82. The number of para-hydroxylation sites is 1. The molecule has 0 bridgehead atoms. The fourth-order valence-electron chi connectivity index (χ4n) is 6.83. The van der Waals surface area contributed by atoms with Crippen molar-refractivity contribution < 1.29 is 24.1 Å². The summed E-state index contributed by atoms with van der Waals surface area (Å²) >= 11 is 0. The van der Waals surface area contributed by atoms with Gasteiger partial charge in [-0.05, 0) is 28.8 Å². The highest BCUT2D eigenvalue weighted by atomic mass is 16.5. The molecule has 52 heavy (non-hydrogen) atoms. The average Bonchev–Trinajstić information content (AvgIpc) is 3.63. The number of primary amides is 1. The van der Waals surface area contributed by atoms with Crippen LogP contribution in [0.1, 0.15) is 41.3 Å². The third-order valence-electron chi connectivity index (χ3n) is 9.06. The van der Waals surface area contributed by atoms with Gasteiger partial charge in [0.2, 0.25) is 12.0 Å². The van der Waals surface area contributed by atoms with Crippen molar-refractivity contribution in [3.05, 3.63) is 150 Å². The third kappa shape index (κ3) is 6.68. The van der Waals surface area contributed by atoms with E-state index in [9.17, 15) is 15.2 Å². The zero-order valence-electron chi connectivity index (χ0n) is 28.2. The lowest BCUT2D eigenvalue weighted by Gasteiger charge is -2.50. The fourth-order valence-corrected chi connectivity index (χ4v) is 6.83. The first-order valence-electron chi connectivity index (χ1n) is 17.0. The third-order valence-corrected chi connectivity index (χ3v) is 9.06. The quantitative estimate of drug-likeness (QED) is 0.126. The Balaban J connectivity index is 1.37. The predicted octanol–water partition coefficient (Wildman–Crippen LogP) is 4.91. The van der Waals surface area contributed by atoms with E-state index in [0.29, 0.717) is 30.0 Å². The normalized spacial score (nSPS) is 16.9. The number of rotatable bonds is 13. The lowest BCUT2D eigenvalue weighted by molar-refractivity contribution is -0.148. The lowest BCUT2D eigenvalue weighted by Crippen LogP contribution is -2.57. The number of morpholine rings is 1. The first-order chi connectivity index (χ1) is 25.5. The number of imidazole rings is 1. The van der Waals surface area contributed by atoms with Crippen molar-refractivity contribution in [2.45, 2.75) is 30.4 Å². The molecule has 3 N–H and O–H groups in total. The predicted molar refractivity (Wildman–Crippen MR) is 192 cm³/mol. The van der Waals surface area contributed by atoms with Gasteiger partial charge in [-0.25, -0.2) is 9.97 Å². The summed E-state index contributed by atoms with van der Waals surface area (Å²) in [4.78, 5) is 29.1. The fraction of sp³-hybridized carbons (Fsp3) is 0.225. The smallest absolute Gasteiger partial charge is 0.266 e. The standard InChI is InChI=1S/C40H37N7O5/c41-22-13-23-50-39-34-38(44-37(45-39)35(36(42)49)52-31-20-11-4-12-21-31)47(27-43-34)33-25-46(24-32(26-48)51-33)40(28-14-5-1-6-15-28,29-16-7-2-8-17-29)30-18-9-3-10-19-30/h1-12,14-21,27,32-33,35,48H,13,23-26H2,(H2,42,49)/t32-,33+,35?/m0/s1. The van der Waals surface area contributed by atoms with Crippen LogP contribution in [0.2, 0.25) is 0 Å². The van der Waals surface area contributed by atoms with E-state index in [-0.39, 0.29) is 31.3 Å². The number of ether oxygens (including phenoxy) is 3. The number of amides is 1. The van der Waals surface area contributed by atoms with E-state index < -0.39 is 29.9 Å². The van der Waals surface area contributed by atoms with Crippen LogP contribution in [0, 0.1) is 11.3 Å². The number of hydrogen-bond acceptors (Lipinski definition) is 10. The van der Waals surface area contributed by atoms with Crippen LogP contribution in [-0.4, -0.2) is 67.8 Å². The zero-order chi connectivity index (χ0) is 35.9. The molecule has 0 saturated carbocycles. The molecule has 12 heteroatoms. The Labute approximate surface area is 300 Å². The maximum Gasteiger partial charge on any atom is 0.266 e. The summed E-state index contributed by atoms with van der Waals surface area (Å²) in [5.74, 6) is -0.394. The molecule has 0 aliphatic carbocycles. The second-order valence-corrected chi connectivity index (χ2v) is 12.3. The van der Waals surface area contributed by atoms with Gasteiger partial charge in [0.1, 0.15) is 18.6 Å². The molecule has 1 amide bonds. The van der Waals surface area contributed by atoms with Crippen molar-refractivity contribution >= 4 is 17.1 Å². The van der Waals surface area contributed by atoms with E-state index >= 15 is 0 Å². The Bertz CT molecular complexity index is 2050. The number of benzene rings is 4. The van der Waals surface area contributed by atoms with Gasteiger partial charge in [-0.2, -0.15) is 10.2 Å². The minimum Gasteiger partial charge on any atom is -0.475 e. The van der Waals surface area contributed by atoms with E-state index in [1.165, 1.54) is 0 Å². The summed E-state index contributed by atoms with van der Waals surface area (Å²) in [5, 5.41) is 19.9. The maximum atomic E-state index is 12.8. The molecule has 3 heterocycles. The Morgan fingerprint density at radius 2 is 1.48 bits per heavy atom. The van der Waals surface area contributed by atoms with E-state index in [2.05, 4.69) is 57.3 Å². The number of aliphatic hydroxyl groups is 1. The molecule has 0 radical (unpaired) electrons. The molecule has 0 spiro atoms. The molecule has 12 nitrogen and oxygen atoms in total. The Kier molecular flexibility index (Phi) is 10.2. The van der Waals surface area contributed by atoms with Crippen molar-refractivity contribution in [3.63, 3.8) is 0 Å². The van der Waals surface area contributed by atoms with Crippen molar-refractivity contribution in [2.24, 2.45) is 5.73 Å². The molecule has 1 aliphatic rings. The Morgan fingerprint density at radius 3 is 2.02 bits per heavy atom. The highest BCUT2D eigenvalue weighted by Crippen LogP contribution is 2.45. The van der Waals surface area contributed by atoms with Crippen LogP contribution < -0.4 is 15.2 Å². The van der Waals surface area contributed by atoms with Gasteiger partial charge in [-0.3, -0.25) is 14.3 Å². The second-order valence-electron chi connectivity index (χ2n) is 12.3. The van der Waals surface area contributed by atoms with Gasteiger partial charge in [0.15, 0.2) is 17.0 Å².